The first kappa shape index (κ1) is 36.6. The van der Waals surface area contributed by atoms with E-state index in [4.69, 9.17) is 30.2 Å². The normalized spacial score (nSPS) is 14.5. The highest BCUT2D eigenvalue weighted by Crippen LogP contribution is 2.50. The van der Waals surface area contributed by atoms with Crippen molar-refractivity contribution in [1.82, 2.24) is 45.3 Å². The summed E-state index contributed by atoms with van der Waals surface area (Å²) in [6.45, 7) is 5.09. The van der Waals surface area contributed by atoms with Crippen molar-refractivity contribution in [1.29, 1.82) is 0 Å². The van der Waals surface area contributed by atoms with Gasteiger partial charge in [0, 0.05) is 57.0 Å². The minimum Gasteiger partial charge on any atom is -0.495 e. The Morgan fingerprint density at radius 1 is 0.817 bits per heavy atom. The van der Waals surface area contributed by atoms with E-state index in [1.165, 1.54) is 11.3 Å². The Labute approximate surface area is 347 Å². The molecule has 8 N–H and O–H groups in total. The van der Waals surface area contributed by atoms with Gasteiger partial charge in [0.1, 0.15) is 41.5 Å². The van der Waals surface area contributed by atoms with Crippen LogP contribution in [0.3, 0.4) is 0 Å². The zero-order valence-electron chi connectivity index (χ0n) is 32.8. The van der Waals surface area contributed by atoms with Crippen LogP contribution in [0.25, 0.3) is 55.0 Å². The fraction of sp³-hybridized carbons (Fsp3) is 0.136. The average molecular weight is 814 g/mol. The van der Waals surface area contributed by atoms with E-state index < -0.39 is 5.41 Å². The number of rotatable bonds is 12. The average Bonchev–Trinajstić information content (AvgIpc) is 4.13. The molecule has 7 heterocycles. The molecule has 298 valence electrons. The topological polar surface area (TPSA) is 205 Å². The van der Waals surface area contributed by atoms with Gasteiger partial charge in [-0.15, -0.1) is 11.3 Å². The summed E-state index contributed by atoms with van der Waals surface area (Å²) in [5.74, 6) is 3.27. The largest absolute Gasteiger partial charge is 0.495 e. The number of thiophene rings is 1. The number of aromatic amines is 3. The SMILES string of the molecule is CCOc1c(Nc2ncnc3[nH]cc(-c4cn[nH]c4)c23)cc(-c2ccccc2)cc1-c1[nH]ncc1C1(C)CNc2ncnc(Nc3cc(-c4ccc(N)s4)ccc3OC)c21. The number of anilines is 6. The van der Waals surface area contributed by atoms with Crippen LogP contribution in [-0.2, 0) is 5.41 Å². The number of ether oxygens (including phenoxy) is 2. The molecule has 15 nitrogen and oxygen atoms in total. The molecule has 16 heteroatoms. The number of fused-ring (bicyclic) bond motifs is 2. The fourth-order valence-corrected chi connectivity index (χ4v) is 8.81. The molecule has 1 atom stereocenters. The fourth-order valence-electron chi connectivity index (χ4n) is 8.04. The van der Waals surface area contributed by atoms with Gasteiger partial charge in [0.05, 0.1) is 53.6 Å². The van der Waals surface area contributed by atoms with Crippen molar-refractivity contribution in [3.63, 3.8) is 0 Å². The molecule has 10 rings (SSSR count). The highest BCUT2D eigenvalue weighted by Gasteiger charge is 2.43. The predicted octanol–water partition coefficient (Wildman–Crippen LogP) is 9.13. The summed E-state index contributed by atoms with van der Waals surface area (Å²) in [5, 5.41) is 27.6. The number of aromatic nitrogens is 9. The van der Waals surface area contributed by atoms with Gasteiger partial charge in [-0.25, -0.2) is 19.9 Å². The second-order valence-corrected chi connectivity index (χ2v) is 15.6. The monoisotopic (exact) mass is 813 g/mol. The quantitative estimate of drug-likeness (QED) is 0.0617. The Morgan fingerprint density at radius 2 is 1.65 bits per heavy atom. The first-order chi connectivity index (χ1) is 29.4. The first-order valence-corrected chi connectivity index (χ1v) is 20.1. The molecule has 1 aliphatic rings. The minimum absolute atomic E-state index is 0.405. The molecule has 1 unspecified atom stereocenters. The number of methoxy groups -OCH3 is 1. The number of hydrogen-bond donors (Lipinski definition) is 7. The molecule has 0 bridgehead atoms. The van der Waals surface area contributed by atoms with Gasteiger partial charge in [0.25, 0.3) is 0 Å². The number of nitrogen functional groups attached to an aromatic ring is 1. The Bertz CT molecular complexity index is 2990. The van der Waals surface area contributed by atoms with E-state index in [-0.39, 0.29) is 0 Å². The van der Waals surface area contributed by atoms with Crippen molar-refractivity contribution in [2.24, 2.45) is 0 Å². The summed E-state index contributed by atoms with van der Waals surface area (Å²) >= 11 is 1.53. The van der Waals surface area contributed by atoms with Gasteiger partial charge in [-0.3, -0.25) is 10.2 Å². The third-order valence-electron chi connectivity index (χ3n) is 10.9. The van der Waals surface area contributed by atoms with Crippen molar-refractivity contribution in [3.05, 3.63) is 121 Å². The summed E-state index contributed by atoms with van der Waals surface area (Å²) in [7, 11) is 1.66. The summed E-state index contributed by atoms with van der Waals surface area (Å²) in [5.41, 5.74) is 15.8. The Hall–Kier alpha value is -7.72. The van der Waals surface area contributed by atoms with E-state index in [1.807, 2.05) is 68.0 Å². The van der Waals surface area contributed by atoms with Crippen molar-refractivity contribution < 1.29 is 9.47 Å². The van der Waals surface area contributed by atoms with Crippen molar-refractivity contribution >= 4 is 56.2 Å². The second kappa shape index (κ2) is 14.9. The molecule has 0 spiro atoms. The van der Waals surface area contributed by atoms with Crippen LogP contribution in [0.1, 0.15) is 25.0 Å². The van der Waals surface area contributed by atoms with E-state index in [0.29, 0.717) is 47.6 Å². The lowest BCUT2D eigenvalue weighted by Gasteiger charge is -2.27. The van der Waals surface area contributed by atoms with E-state index in [0.717, 1.165) is 77.0 Å². The Kier molecular flexibility index (Phi) is 9.09. The molecule has 9 aromatic rings. The van der Waals surface area contributed by atoms with E-state index >= 15 is 0 Å². The number of H-pyrrole nitrogens is 3. The van der Waals surface area contributed by atoms with E-state index in [1.54, 1.807) is 26.0 Å². The van der Waals surface area contributed by atoms with Gasteiger partial charge >= 0.3 is 0 Å². The van der Waals surface area contributed by atoms with Crippen LogP contribution in [0, 0.1) is 0 Å². The molecule has 0 radical (unpaired) electrons. The molecular formula is C44H39N13O2S. The summed E-state index contributed by atoms with van der Waals surface area (Å²) in [4.78, 5) is 23.1. The van der Waals surface area contributed by atoms with Crippen LogP contribution in [0.5, 0.6) is 11.5 Å². The third-order valence-corrected chi connectivity index (χ3v) is 11.9. The highest BCUT2D eigenvalue weighted by atomic mass is 32.1. The molecule has 0 saturated heterocycles. The Morgan fingerprint density at radius 3 is 2.45 bits per heavy atom. The summed E-state index contributed by atoms with van der Waals surface area (Å²) in [6, 6.07) is 24.4. The molecular weight excluding hydrogens is 775 g/mol. The molecule has 60 heavy (non-hydrogen) atoms. The van der Waals surface area contributed by atoms with Crippen molar-refractivity contribution in [2.45, 2.75) is 19.3 Å². The van der Waals surface area contributed by atoms with Gasteiger partial charge in [-0.2, -0.15) is 10.2 Å². The van der Waals surface area contributed by atoms with Crippen LogP contribution < -0.4 is 31.2 Å². The van der Waals surface area contributed by atoms with E-state index in [2.05, 4.69) is 83.6 Å². The second-order valence-electron chi connectivity index (χ2n) is 14.5. The van der Waals surface area contributed by atoms with E-state index in [9.17, 15) is 0 Å². The first-order valence-electron chi connectivity index (χ1n) is 19.3. The predicted molar refractivity (Wildman–Crippen MR) is 236 cm³/mol. The lowest BCUT2D eigenvalue weighted by atomic mass is 9.77. The maximum atomic E-state index is 6.60. The standard InChI is InChI=1S/C44H39N13O2S/c1-4-59-39-28(14-26(24-8-6-5-7-9-24)16-32(39)56-41-36-29(27-17-52-53-18-27)19-46-40(36)48-22-49-41)38-30(20-54-57-38)44(2)21-47-42-37(44)43(51-23-50-42)55-31-15-25(10-11-33(31)58-3)34-12-13-35(45)60-34/h5-20,22-23H,4,21,45H2,1-3H3,(H,52,53)(H,54,57)(H2,46,48,49,56)(H2,47,50,51,55). The lowest BCUT2D eigenvalue weighted by Crippen LogP contribution is -2.27. The smallest absolute Gasteiger partial charge is 0.152 e. The van der Waals surface area contributed by atoms with Gasteiger partial charge < -0.3 is 36.1 Å². The zero-order chi connectivity index (χ0) is 40.8. The summed E-state index contributed by atoms with van der Waals surface area (Å²) < 4.78 is 12.4. The number of hydrogen-bond acceptors (Lipinski definition) is 13. The van der Waals surface area contributed by atoms with Gasteiger partial charge in [0.15, 0.2) is 5.75 Å². The van der Waals surface area contributed by atoms with Crippen LogP contribution in [-0.4, -0.2) is 65.6 Å². The lowest BCUT2D eigenvalue weighted by molar-refractivity contribution is 0.343. The number of nitrogens with two attached hydrogens (primary N) is 1. The number of benzene rings is 3. The molecule has 0 amide bonds. The van der Waals surface area contributed by atoms with Crippen molar-refractivity contribution in [2.75, 3.05) is 41.9 Å². The molecule has 0 fully saturated rings. The van der Waals surface area contributed by atoms with Crippen LogP contribution >= 0.6 is 11.3 Å². The number of nitrogens with zero attached hydrogens (tertiary/aromatic N) is 6. The van der Waals surface area contributed by atoms with Gasteiger partial charge in [0.2, 0.25) is 0 Å². The molecule has 1 aliphatic heterocycles. The molecule has 6 aromatic heterocycles. The molecule has 0 aliphatic carbocycles. The maximum absolute atomic E-state index is 6.60. The highest BCUT2D eigenvalue weighted by molar-refractivity contribution is 7.19. The maximum Gasteiger partial charge on any atom is 0.152 e. The van der Waals surface area contributed by atoms with Crippen LogP contribution in [0.2, 0.25) is 0 Å². The zero-order valence-corrected chi connectivity index (χ0v) is 33.6. The van der Waals surface area contributed by atoms with Crippen LogP contribution in [0.4, 0.5) is 33.8 Å². The Balaban J connectivity index is 1.11. The third kappa shape index (κ3) is 6.29. The van der Waals surface area contributed by atoms with Crippen LogP contribution in [0.15, 0.2) is 110 Å². The van der Waals surface area contributed by atoms with Gasteiger partial charge in [-0.05, 0) is 73.0 Å². The number of nitrogens with one attached hydrogen (secondary N) is 6. The molecule has 0 saturated carbocycles. The minimum atomic E-state index is -0.669. The molecule has 3 aromatic carbocycles. The van der Waals surface area contributed by atoms with Crippen molar-refractivity contribution in [3.8, 4) is 55.5 Å². The summed E-state index contributed by atoms with van der Waals surface area (Å²) in [6.07, 6.45) is 10.5. The van der Waals surface area contributed by atoms with Gasteiger partial charge in [-0.1, -0.05) is 30.3 Å².